The Morgan fingerprint density at radius 2 is 1.54 bits per heavy atom. The van der Waals surface area contributed by atoms with Crippen LogP contribution in [0, 0.1) is 11.8 Å². The number of amides is 1. The molecule has 1 saturated heterocycles. The molecule has 0 aliphatic carbocycles. The standard InChI is InChI=1S/C35H50N4O2/c1-26(2)16-22-38(23-17-27(3)4)35(41)31-14-15-32-33(25-31)39(21-9-20-37-18-7-6-8-19-37)34(36-32)30-12-10-29(11-13-30)24-28(5)40/h10-15,25-27H,6-9,16-24H2,1-5H3. The largest absolute Gasteiger partial charge is 0.339 e. The lowest BCUT2D eigenvalue weighted by molar-refractivity contribution is -0.116. The number of hydrogen-bond acceptors (Lipinski definition) is 4. The molecule has 2 heterocycles. The van der Waals surface area contributed by atoms with Crippen LogP contribution in [0.3, 0.4) is 0 Å². The molecule has 0 radical (unpaired) electrons. The van der Waals surface area contributed by atoms with E-state index in [0.29, 0.717) is 18.3 Å². The molecule has 6 heteroatoms. The summed E-state index contributed by atoms with van der Waals surface area (Å²) in [6.45, 7) is 16.4. The Hall–Kier alpha value is -2.99. The molecule has 1 fully saturated rings. The maximum atomic E-state index is 13.8. The molecule has 222 valence electrons. The number of nitrogens with zero attached hydrogens (tertiary/aromatic N) is 4. The monoisotopic (exact) mass is 558 g/mol. The normalized spacial score (nSPS) is 14.3. The molecule has 4 rings (SSSR count). The van der Waals surface area contributed by atoms with Crippen LogP contribution in [-0.4, -0.2) is 63.8 Å². The summed E-state index contributed by atoms with van der Waals surface area (Å²) in [5.74, 6) is 2.31. The average molecular weight is 559 g/mol. The van der Waals surface area contributed by atoms with Gasteiger partial charge in [0.1, 0.15) is 11.6 Å². The van der Waals surface area contributed by atoms with Crippen molar-refractivity contribution in [1.82, 2.24) is 19.4 Å². The number of imidazole rings is 1. The van der Waals surface area contributed by atoms with Crippen molar-refractivity contribution in [2.24, 2.45) is 11.8 Å². The maximum Gasteiger partial charge on any atom is 0.253 e. The fraction of sp³-hybridized carbons (Fsp3) is 0.571. The number of Topliss-reactive ketones (excluding diaryl/α,β-unsaturated/α-hetero) is 1. The smallest absolute Gasteiger partial charge is 0.253 e. The highest BCUT2D eigenvalue weighted by molar-refractivity contribution is 5.98. The summed E-state index contributed by atoms with van der Waals surface area (Å²) in [4.78, 5) is 35.1. The number of benzene rings is 2. The van der Waals surface area contributed by atoms with Gasteiger partial charge in [0.15, 0.2) is 0 Å². The lowest BCUT2D eigenvalue weighted by atomic mass is 10.1. The number of rotatable bonds is 14. The fourth-order valence-electron chi connectivity index (χ4n) is 5.72. The molecule has 1 aromatic heterocycles. The van der Waals surface area contributed by atoms with Gasteiger partial charge in [-0.05, 0) is 94.3 Å². The molecule has 0 unspecified atom stereocenters. The summed E-state index contributed by atoms with van der Waals surface area (Å²) in [6.07, 6.45) is 7.42. The molecule has 3 aromatic rings. The van der Waals surface area contributed by atoms with Gasteiger partial charge in [0, 0.05) is 37.2 Å². The second-order valence-electron chi connectivity index (χ2n) is 12.8. The number of carbonyl (C=O) groups is 2. The molecule has 41 heavy (non-hydrogen) atoms. The number of ketones is 1. The van der Waals surface area contributed by atoms with Gasteiger partial charge in [-0.25, -0.2) is 4.98 Å². The predicted octanol–water partition coefficient (Wildman–Crippen LogP) is 7.25. The van der Waals surface area contributed by atoms with E-state index in [1.165, 1.54) is 32.4 Å². The molecule has 0 spiro atoms. The van der Waals surface area contributed by atoms with Crippen molar-refractivity contribution in [1.29, 1.82) is 0 Å². The molecular weight excluding hydrogens is 508 g/mol. The highest BCUT2D eigenvalue weighted by Gasteiger charge is 2.20. The highest BCUT2D eigenvalue weighted by atomic mass is 16.2. The zero-order valence-corrected chi connectivity index (χ0v) is 26.0. The van der Waals surface area contributed by atoms with E-state index in [2.05, 4.69) is 55.4 Å². The molecule has 0 N–H and O–H groups in total. The van der Waals surface area contributed by atoms with Crippen molar-refractivity contribution in [3.63, 3.8) is 0 Å². The second kappa shape index (κ2) is 14.8. The SMILES string of the molecule is CC(=O)Cc1ccc(-c2nc3ccc(C(=O)N(CCC(C)C)CCC(C)C)cc3n2CCCN2CCCCC2)cc1. The number of aromatic nitrogens is 2. The number of fused-ring (bicyclic) bond motifs is 1. The minimum Gasteiger partial charge on any atom is -0.339 e. The van der Waals surface area contributed by atoms with Crippen LogP contribution in [0.5, 0.6) is 0 Å². The first-order chi connectivity index (χ1) is 19.7. The Morgan fingerprint density at radius 3 is 2.15 bits per heavy atom. The third-order valence-electron chi connectivity index (χ3n) is 8.21. The summed E-state index contributed by atoms with van der Waals surface area (Å²) in [5.41, 5.74) is 4.73. The summed E-state index contributed by atoms with van der Waals surface area (Å²) in [5, 5.41) is 0. The van der Waals surface area contributed by atoms with Gasteiger partial charge in [-0.2, -0.15) is 0 Å². The fourth-order valence-corrected chi connectivity index (χ4v) is 5.72. The molecule has 2 aromatic carbocycles. The number of carbonyl (C=O) groups excluding carboxylic acids is 2. The first-order valence-corrected chi connectivity index (χ1v) is 15.8. The van der Waals surface area contributed by atoms with Crippen LogP contribution in [-0.2, 0) is 17.8 Å². The van der Waals surface area contributed by atoms with E-state index in [0.717, 1.165) is 79.0 Å². The van der Waals surface area contributed by atoms with E-state index in [-0.39, 0.29) is 11.7 Å². The first-order valence-electron chi connectivity index (χ1n) is 15.8. The molecule has 0 atom stereocenters. The van der Waals surface area contributed by atoms with Gasteiger partial charge in [0.05, 0.1) is 11.0 Å². The predicted molar refractivity (Wildman–Crippen MR) is 169 cm³/mol. The third kappa shape index (κ3) is 8.75. The molecule has 0 saturated carbocycles. The number of likely N-dealkylation sites (tertiary alicyclic amines) is 1. The number of piperidine rings is 1. The van der Waals surface area contributed by atoms with Crippen molar-refractivity contribution in [2.45, 2.75) is 86.1 Å². The van der Waals surface area contributed by atoms with E-state index in [4.69, 9.17) is 4.98 Å². The average Bonchev–Trinajstić information content (AvgIpc) is 3.31. The minimum atomic E-state index is 0.115. The van der Waals surface area contributed by atoms with Gasteiger partial charge in [-0.15, -0.1) is 0 Å². The summed E-state index contributed by atoms with van der Waals surface area (Å²) >= 11 is 0. The van der Waals surface area contributed by atoms with E-state index >= 15 is 0 Å². The van der Waals surface area contributed by atoms with E-state index in [1.807, 2.05) is 29.2 Å². The van der Waals surface area contributed by atoms with Crippen LogP contribution in [0.25, 0.3) is 22.4 Å². The van der Waals surface area contributed by atoms with E-state index < -0.39 is 0 Å². The molecule has 1 aliphatic rings. The number of aryl methyl sites for hydroxylation is 1. The Morgan fingerprint density at radius 1 is 0.878 bits per heavy atom. The number of hydrogen-bond donors (Lipinski definition) is 0. The molecule has 6 nitrogen and oxygen atoms in total. The summed E-state index contributed by atoms with van der Waals surface area (Å²) in [6, 6.07) is 14.2. The van der Waals surface area contributed by atoms with Gasteiger partial charge in [-0.3, -0.25) is 9.59 Å². The zero-order chi connectivity index (χ0) is 29.4. The molecule has 1 aliphatic heterocycles. The van der Waals surface area contributed by atoms with Gasteiger partial charge >= 0.3 is 0 Å². The topological polar surface area (TPSA) is 58.4 Å². The van der Waals surface area contributed by atoms with Crippen molar-refractivity contribution in [3.8, 4) is 11.4 Å². The summed E-state index contributed by atoms with van der Waals surface area (Å²) < 4.78 is 2.31. The van der Waals surface area contributed by atoms with Crippen LogP contribution in [0.15, 0.2) is 42.5 Å². The van der Waals surface area contributed by atoms with Crippen LogP contribution in [0.1, 0.15) is 89.1 Å². The van der Waals surface area contributed by atoms with Crippen LogP contribution >= 0.6 is 0 Å². The lowest BCUT2D eigenvalue weighted by Crippen LogP contribution is -2.34. The Kier molecular flexibility index (Phi) is 11.1. The quantitative estimate of drug-likeness (QED) is 0.209. The molecular formula is C35H50N4O2. The van der Waals surface area contributed by atoms with E-state index in [9.17, 15) is 9.59 Å². The van der Waals surface area contributed by atoms with Crippen molar-refractivity contribution in [3.05, 3.63) is 53.6 Å². The van der Waals surface area contributed by atoms with Gasteiger partial charge in [-0.1, -0.05) is 58.4 Å². The van der Waals surface area contributed by atoms with Gasteiger partial charge in [0.2, 0.25) is 0 Å². The minimum absolute atomic E-state index is 0.115. The van der Waals surface area contributed by atoms with Crippen molar-refractivity contribution < 1.29 is 9.59 Å². The van der Waals surface area contributed by atoms with Gasteiger partial charge in [0.25, 0.3) is 5.91 Å². The highest BCUT2D eigenvalue weighted by Crippen LogP contribution is 2.27. The maximum absolute atomic E-state index is 13.8. The Labute approximate surface area is 247 Å². The van der Waals surface area contributed by atoms with Crippen molar-refractivity contribution >= 4 is 22.7 Å². The molecule has 0 bridgehead atoms. The summed E-state index contributed by atoms with van der Waals surface area (Å²) in [7, 11) is 0. The Balaban J connectivity index is 1.65. The van der Waals surface area contributed by atoms with Crippen LogP contribution in [0.2, 0.25) is 0 Å². The second-order valence-corrected chi connectivity index (χ2v) is 12.8. The lowest BCUT2D eigenvalue weighted by Gasteiger charge is -2.26. The third-order valence-corrected chi connectivity index (χ3v) is 8.21. The van der Waals surface area contributed by atoms with E-state index in [1.54, 1.807) is 6.92 Å². The molecule has 1 amide bonds. The Bertz CT molecular complexity index is 1270. The van der Waals surface area contributed by atoms with Crippen LogP contribution < -0.4 is 0 Å². The first kappa shape index (κ1) is 31.0. The van der Waals surface area contributed by atoms with Crippen LogP contribution in [0.4, 0.5) is 0 Å². The van der Waals surface area contributed by atoms with Crippen molar-refractivity contribution in [2.75, 3.05) is 32.7 Å². The van der Waals surface area contributed by atoms with Gasteiger partial charge < -0.3 is 14.4 Å². The zero-order valence-electron chi connectivity index (χ0n) is 26.0.